The zero-order valence-electron chi connectivity index (χ0n) is 14.4. The van der Waals surface area contributed by atoms with Gasteiger partial charge in [0.2, 0.25) is 0 Å². The summed E-state index contributed by atoms with van der Waals surface area (Å²) in [6, 6.07) is 8.55. The fourth-order valence-corrected chi connectivity index (χ4v) is 4.07. The molecule has 0 unspecified atom stereocenters. The molecule has 1 fully saturated rings. The lowest BCUT2D eigenvalue weighted by molar-refractivity contribution is 0.222. The van der Waals surface area contributed by atoms with Crippen molar-refractivity contribution in [2.24, 2.45) is 7.05 Å². The number of aryl methyl sites for hydroxylation is 1. The van der Waals surface area contributed by atoms with Gasteiger partial charge in [-0.3, -0.25) is 4.90 Å². The van der Waals surface area contributed by atoms with Gasteiger partial charge in [0.05, 0.1) is 12.6 Å². The molecule has 1 aliphatic rings. The van der Waals surface area contributed by atoms with E-state index in [1.165, 1.54) is 23.4 Å². The molecular formula is C18H26N4OS. The largest absolute Gasteiger partial charge is 0.350 e. The van der Waals surface area contributed by atoms with Crippen molar-refractivity contribution in [3.8, 4) is 0 Å². The molecule has 0 aliphatic carbocycles. The standard InChI is InChI=1S/C18H26N4OS/c1-14-7-8-15(21(14)2)12-19-18(23)20-13-16(17-6-5-11-24-17)22-9-3-4-10-22/h5-8,11,16H,3-4,9-10,12-13H2,1-2H3,(H2,19,20,23)/t16-/m0/s1. The summed E-state index contributed by atoms with van der Waals surface area (Å²) in [6.07, 6.45) is 2.50. The molecule has 1 aliphatic heterocycles. The van der Waals surface area contributed by atoms with Gasteiger partial charge in [-0.25, -0.2) is 4.79 Å². The SMILES string of the molecule is Cc1ccc(CNC(=O)NC[C@@H](c2cccs2)N2CCCC2)n1C. The lowest BCUT2D eigenvalue weighted by Crippen LogP contribution is -2.41. The number of hydrogen-bond acceptors (Lipinski definition) is 3. The molecule has 0 radical (unpaired) electrons. The second-order valence-electron chi connectivity index (χ2n) is 6.36. The number of rotatable bonds is 6. The second kappa shape index (κ2) is 7.85. The van der Waals surface area contributed by atoms with Crippen LogP contribution in [-0.4, -0.2) is 35.1 Å². The predicted molar refractivity (Wildman–Crippen MR) is 98.3 cm³/mol. The van der Waals surface area contributed by atoms with Crippen LogP contribution in [0.25, 0.3) is 0 Å². The molecule has 0 bridgehead atoms. The molecule has 2 amide bonds. The van der Waals surface area contributed by atoms with Gasteiger partial charge in [-0.15, -0.1) is 11.3 Å². The molecule has 24 heavy (non-hydrogen) atoms. The molecule has 0 aromatic carbocycles. The number of carbonyl (C=O) groups excluding carboxylic acids is 1. The zero-order chi connectivity index (χ0) is 16.9. The molecule has 2 aromatic heterocycles. The van der Waals surface area contributed by atoms with Crippen LogP contribution in [0, 0.1) is 6.92 Å². The third kappa shape index (κ3) is 3.99. The van der Waals surface area contributed by atoms with Gasteiger partial charge < -0.3 is 15.2 Å². The van der Waals surface area contributed by atoms with Crippen LogP contribution in [0.1, 0.15) is 35.1 Å². The normalized spacial score (nSPS) is 16.2. The van der Waals surface area contributed by atoms with Gasteiger partial charge in [0.15, 0.2) is 0 Å². The Labute approximate surface area is 147 Å². The van der Waals surface area contributed by atoms with Crippen molar-refractivity contribution in [3.05, 3.63) is 45.9 Å². The number of likely N-dealkylation sites (tertiary alicyclic amines) is 1. The maximum atomic E-state index is 12.2. The minimum absolute atomic E-state index is 0.102. The van der Waals surface area contributed by atoms with Crippen molar-refractivity contribution >= 4 is 17.4 Å². The van der Waals surface area contributed by atoms with E-state index in [-0.39, 0.29) is 12.1 Å². The van der Waals surface area contributed by atoms with Gasteiger partial charge in [-0.2, -0.15) is 0 Å². The Morgan fingerprint density at radius 1 is 1.25 bits per heavy atom. The fraction of sp³-hybridized carbons (Fsp3) is 0.500. The lowest BCUT2D eigenvalue weighted by Gasteiger charge is -2.27. The Morgan fingerprint density at radius 2 is 2.04 bits per heavy atom. The van der Waals surface area contributed by atoms with Gasteiger partial charge in [-0.1, -0.05) is 6.07 Å². The molecule has 3 rings (SSSR count). The highest BCUT2D eigenvalue weighted by atomic mass is 32.1. The molecule has 2 aromatic rings. The Kier molecular flexibility index (Phi) is 5.58. The van der Waals surface area contributed by atoms with Crippen LogP contribution in [0.3, 0.4) is 0 Å². The molecule has 1 saturated heterocycles. The summed E-state index contributed by atoms with van der Waals surface area (Å²) in [6.45, 7) is 5.50. The molecule has 5 nitrogen and oxygen atoms in total. The van der Waals surface area contributed by atoms with Gasteiger partial charge in [0.25, 0.3) is 0 Å². The van der Waals surface area contributed by atoms with E-state index >= 15 is 0 Å². The Bertz CT molecular complexity index is 659. The van der Waals surface area contributed by atoms with Gasteiger partial charge in [0, 0.05) is 29.9 Å². The Hall–Kier alpha value is -1.79. The molecule has 3 heterocycles. The van der Waals surface area contributed by atoms with Crippen LogP contribution in [0.15, 0.2) is 29.6 Å². The van der Waals surface area contributed by atoms with E-state index in [0.29, 0.717) is 13.1 Å². The van der Waals surface area contributed by atoms with E-state index in [1.54, 1.807) is 11.3 Å². The first-order chi connectivity index (χ1) is 11.6. The van der Waals surface area contributed by atoms with Gasteiger partial charge >= 0.3 is 6.03 Å². The molecule has 0 spiro atoms. The van der Waals surface area contributed by atoms with Crippen molar-refractivity contribution in [1.29, 1.82) is 0 Å². The lowest BCUT2D eigenvalue weighted by atomic mass is 10.2. The van der Waals surface area contributed by atoms with Crippen molar-refractivity contribution in [2.45, 2.75) is 32.4 Å². The smallest absolute Gasteiger partial charge is 0.315 e. The summed E-state index contributed by atoms with van der Waals surface area (Å²) in [5.41, 5.74) is 2.30. The average Bonchev–Trinajstić information content (AvgIpc) is 3.32. The molecule has 0 saturated carbocycles. The number of thiophene rings is 1. The number of amides is 2. The van der Waals surface area contributed by atoms with E-state index < -0.39 is 0 Å². The summed E-state index contributed by atoms with van der Waals surface area (Å²) in [7, 11) is 2.02. The molecular weight excluding hydrogens is 320 g/mol. The second-order valence-corrected chi connectivity index (χ2v) is 7.34. The maximum absolute atomic E-state index is 12.2. The molecule has 2 N–H and O–H groups in total. The first-order valence-electron chi connectivity index (χ1n) is 8.55. The number of aromatic nitrogens is 1. The van der Waals surface area contributed by atoms with Gasteiger partial charge in [0.1, 0.15) is 0 Å². The average molecular weight is 347 g/mol. The van der Waals surface area contributed by atoms with Crippen LogP contribution in [0.2, 0.25) is 0 Å². The number of nitrogens with zero attached hydrogens (tertiary/aromatic N) is 2. The number of urea groups is 1. The monoisotopic (exact) mass is 346 g/mol. The highest BCUT2D eigenvalue weighted by Gasteiger charge is 2.24. The van der Waals surface area contributed by atoms with Crippen LogP contribution < -0.4 is 10.6 Å². The number of hydrogen-bond donors (Lipinski definition) is 2. The third-order valence-corrected chi connectivity index (χ3v) is 5.79. The Balaban J connectivity index is 1.52. The van der Waals surface area contributed by atoms with Crippen LogP contribution in [-0.2, 0) is 13.6 Å². The first kappa shape index (κ1) is 17.0. The molecule has 1 atom stereocenters. The van der Waals surface area contributed by atoms with Crippen LogP contribution in [0.4, 0.5) is 4.79 Å². The topological polar surface area (TPSA) is 49.3 Å². The predicted octanol–water partition coefficient (Wildman–Crippen LogP) is 3.03. The van der Waals surface area contributed by atoms with Crippen LogP contribution in [0.5, 0.6) is 0 Å². The summed E-state index contributed by atoms with van der Waals surface area (Å²) in [5.74, 6) is 0. The summed E-state index contributed by atoms with van der Waals surface area (Å²) >= 11 is 1.77. The highest BCUT2D eigenvalue weighted by molar-refractivity contribution is 7.10. The summed E-state index contributed by atoms with van der Waals surface area (Å²) in [4.78, 5) is 16.0. The van der Waals surface area contributed by atoms with E-state index in [9.17, 15) is 4.79 Å². The van der Waals surface area contributed by atoms with Crippen molar-refractivity contribution in [2.75, 3.05) is 19.6 Å². The minimum Gasteiger partial charge on any atom is -0.350 e. The third-order valence-electron chi connectivity index (χ3n) is 4.82. The fourth-order valence-electron chi connectivity index (χ4n) is 3.21. The van der Waals surface area contributed by atoms with Crippen molar-refractivity contribution in [1.82, 2.24) is 20.1 Å². The Morgan fingerprint density at radius 3 is 2.67 bits per heavy atom. The first-order valence-corrected chi connectivity index (χ1v) is 9.43. The highest BCUT2D eigenvalue weighted by Crippen LogP contribution is 2.27. The summed E-state index contributed by atoms with van der Waals surface area (Å²) in [5, 5.41) is 8.12. The van der Waals surface area contributed by atoms with Crippen LogP contribution >= 0.6 is 11.3 Å². The number of carbonyl (C=O) groups is 1. The van der Waals surface area contributed by atoms with E-state index in [4.69, 9.17) is 0 Å². The summed E-state index contributed by atoms with van der Waals surface area (Å²) < 4.78 is 2.10. The minimum atomic E-state index is -0.102. The van der Waals surface area contributed by atoms with Gasteiger partial charge in [-0.05, 0) is 56.4 Å². The maximum Gasteiger partial charge on any atom is 0.315 e. The quantitative estimate of drug-likeness (QED) is 0.845. The van der Waals surface area contributed by atoms with E-state index in [0.717, 1.165) is 18.8 Å². The number of nitrogens with one attached hydrogen (secondary N) is 2. The molecule has 130 valence electrons. The zero-order valence-corrected chi connectivity index (χ0v) is 15.2. The molecule has 6 heteroatoms. The van der Waals surface area contributed by atoms with Crippen molar-refractivity contribution < 1.29 is 4.79 Å². The van der Waals surface area contributed by atoms with E-state index in [1.807, 2.05) is 13.1 Å². The van der Waals surface area contributed by atoms with E-state index in [2.05, 4.69) is 50.6 Å². The van der Waals surface area contributed by atoms with Crippen molar-refractivity contribution in [3.63, 3.8) is 0 Å².